The Kier molecular flexibility index (Phi) is 4.09. The number of nitrogens with zero attached hydrogens (tertiary/aromatic N) is 5. The van der Waals surface area contributed by atoms with Gasteiger partial charge in [-0.3, -0.25) is 18.8 Å². The summed E-state index contributed by atoms with van der Waals surface area (Å²) in [6.07, 6.45) is 1.74. The van der Waals surface area contributed by atoms with E-state index in [1.807, 2.05) is 6.92 Å². The van der Waals surface area contributed by atoms with E-state index in [1.165, 1.54) is 4.40 Å². The lowest BCUT2D eigenvalue weighted by Crippen LogP contribution is -2.62. The summed E-state index contributed by atoms with van der Waals surface area (Å²) in [7, 11) is 0. The highest BCUT2D eigenvalue weighted by Crippen LogP contribution is 2.24. The van der Waals surface area contributed by atoms with Crippen molar-refractivity contribution >= 4 is 34.6 Å². The lowest BCUT2D eigenvalue weighted by atomic mass is 10.1. The van der Waals surface area contributed by atoms with E-state index in [0.717, 1.165) is 11.3 Å². The molecule has 2 aliphatic heterocycles. The molecule has 2 aliphatic rings. The molecule has 0 N–H and O–H groups in total. The zero-order valence-electron chi connectivity index (χ0n) is 16.3. The molecule has 3 aromatic heterocycles. The minimum Gasteiger partial charge on any atom is -0.439 e. The SMILES string of the molecule is CCCn1c(C(=O)N2CC(N3C(=O)COC3=O)C2)cc2c(=O)n3ccccc3nc21. The van der Waals surface area contributed by atoms with Crippen LogP contribution < -0.4 is 5.56 Å². The van der Waals surface area contributed by atoms with E-state index in [1.54, 1.807) is 39.9 Å². The van der Waals surface area contributed by atoms with E-state index in [4.69, 9.17) is 4.74 Å². The Bertz CT molecular complexity index is 1250. The molecule has 3 aromatic rings. The molecule has 0 spiro atoms. The third-order valence-corrected chi connectivity index (χ3v) is 5.54. The van der Waals surface area contributed by atoms with Gasteiger partial charge in [-0.25, -0.2) is 14.7 Å². The van der Waals surface area contributed by atoms with Crippen molar-refractivity contribution in [3.8, 4) is 0 Å². The number of aryl methyl sites for hydroxylation is 1. The van der Waals surface area contributed by atoms with Crippen LogP contribution in [-0.4, -0.2) is 67.4 Å². The Morgan fingerprint density at radius 2 is 2.03 bits per heavy atom. The summed E-state index contributed by atoms with van der Waals surface area (Å²) in [6.45, 7) is 2.74. The van der Waals surface area contributed by atoms with Crippen LogP contribution in [0, 0.1) is 0 Å². The summed E-state index contributed by atoms with van der Waals surface area (Å²) >= 11 is 0. The monoisotopic (exact) mass is 409 g/mol. The molecule has 0 radical (unpaired) electrons. The molecule has 154 valence electrons. The van der Waals surface area contributed by atoms with Crippen molar-refractivity contribution < 1.29 is 19.1 Å². The van der Waals surface area contributed by atoms with Crippen LogP contribution >= 0.6 is 0 Å². The van der Waals surface area contributed by atoms with E-state index >= 15 is 0 Å². The fourth-order valence-corrected chi connectivity index (χ4v) is 4.04. The Hall–Kier alpha value is -3.69. The highest BCUT2D eigenvalue weighted by atomic mass is 16.6. The number of aromatic nitrogens is 3. The lowest BCUT2D eigenvalue weighted by Gasteiger charge is -2.41. The lowest BCUT2D eigenvalue weighted by molar-refractivity contribution is -0.129. The second-order valence-corrected chi connectivity index (χ2v) is 7.45. The van der Waals surface area contributed by atoms with Crippen molar-refractivity contribution in [3.63, 3.8) is 0 Å². The highest BCUT2D eigenvalue weighted by molar-refractivity contribution is 6.00. The number of carbonyl (C=O) groups is 3. The van der Waals surface area contributed by atoms with Gasteiger partial charge in [-0.05, 0) is 24.6 Å². The molecule has 10 nitrogen and oxygen atoms in total. The smallest absolute Gasteiger partial charge is 0.417 e. The van der Waals surface area contributed by atoms with Gasteiger partial charge in [0.2, 0.25) is 0 Å². The van der Waals surface area contributed by atoms with Gasteiger partial charge in [0.25, 0.3) is 17.4 Å². The summed E-state index contributed by atoms with van der Waals surface area (Å²) in [4.78, 5) is 56.8. The van der Waals surface area contributed by atoms with Crippen molar-refractivity contribution in [1.29, 1.82) is 0 Å². The minimum absolute atomic E-state index is 0.230. The fraction of sp³-hybridized carbons (Fsp3) is 0.350. The summed E-state index contributed by atoms with van der Waals surface area (Å²) in [6, 6.07) is 6.51. The molecule has 5 rings (SSSR count). The number of cyclic esters (lactones) is 1. The van der Waals surface area contributed by atoms with E-state index in [-0.39, 0.29) is 43.1 Å². The van der Waals surface area contributed by atoms with Gasteiger partial charge in [0.05, 0.1) is 11.4 Å². The first-order chi connectivity index (χ1) is 14.5. The maximum absolute atomic E-state index is 13.2. The van der Waals surface area contributed by atoms with Gasteiger partial charge in [-0.15, -0.1) is 0 Å². The van der Waals surface area contributed by atoms with Gasteiger partial charge < -0.3 is 14.2 Å². The molecule has 2 saturated heterocycles. The van der Waals surface area contributed by atoms with Gasteiger partial charge >= 0.3 is 6.09 Å². The zero-order valence-corrected chi connectivity index (χ0v) is 16.3. The number of ether oxygens (including phenoxy) is 1. The van der Waals surface area contributed by atoms with Crippen molar-refractivity contribution in [2.24, 2.45) is 0 Å². The predicted octanol–water partition coefficient (Wildman–Crippen LogP) is 0.862. The topological polar surface area (TPSA) is 106 Å². The molecule has 5 heterocycles. The molecule has 10 heteroatoms. The first kappa shape index (κ1) is 18.3. The van der Waals surface area contributed by atoms with E-state index in [9.17, 15) is 19.2 Å². The quantitative estimate of drug-likeness (QED) is 0.633. The maximum atomic E-state index is 13.2. The molecule has 0 bridgehead atoms. The number of hydrogen-bond acceptors (Lipinski definition) is 6. The summed E-state index contributed by atoms with van der Waals surface area (Å²) in [5.41, 5.74) is 1.14. The summed E-state index contributed by atoms with van der Waals surface area (Å²) in [5, 5.41) is 0.380. The first-order valence-electron chi connectivity index (χ1n) is 9.78. The molecule has 30 heavy (non-hydrogen) atoms. The predicted molar refractivity (Wildman–Crippen MR) is 105 cm³/mol. The largest absolute Gasteiger partial charge is 0.439 e. The molecular formula is C20H19N5O5. The molecule has 0 aliphatic carbocycles. The van der Waals surface area contributed by atoms with Crippen LogP contribution in [0.4, 0.5) is 4.79 Å². The van der Waals surface area contributed by atoms with Crippen molar-refractivity contribution in [2.75, 3.05) is 19.7 Å². The summed E-state index contributed by atoms with van der Waals surface area (Å²) in [5.74, 6) is -0.646. The number of rotatable bonds is 4. The number of likely N-dealkylation sites (tertiary alicyclic amines) is 1. The van der Waals surface area contributed by atoms with Gasteiger partial charge in [-0.2, -0.15) is 0 Å². The second-order valence-electron chi connectivity index (χ2n) is 7.45. The molecular weight excluding hydrogens is 390 g/mol. The molecule has 0 atom stereocenters. The number of amides is 3. The summed E-state index contributed by atoms with van der Waals surface area (Å²) < 4.78 is 7.97. The molecule has 3 amide bonds. The van der Waals surface area contributed by atoms with Crippen LogP contribution in [0.25, 0.3) is 16.7 Å². The Balaban J connectivity index is 1.50. The van der Waals surface area contributed by atoms with E-state index < -0.39 is 6.09 Å². The van der Waals surface area contributed by atoms with Crippen LogP contribution in [-0.2, 0) is 16.1 Å². The standard InChI is InChI=1S/C20H19N5O5/c1-2-6-23-14(8-13-17(23)21-15-5-3-4-7-24(15)18(13)27)19(28)22-9-12(10-22)25-16(26)11-30-20(25)29/h3-5,7-8,12H,2,6,9-11H2,1H3. The van der Waals surface area contributed by atoms with Gasteiger partial charge in [-0.1, -0.05) is 13.0 Å². The number of hydrogen-bond donors (Lipinski definition) is 0. The van der Waals surface area contributed by atoms with Crippen LogP contribution in [0.3, 0.4) is 0 Å². The molecule has 0 aromatic carbocycles. The third-order valence-electron chi connectivity index (χ3n) is 5.54. The highest BCUT2D eigenvalue weighted by Gasteiger charge is 2.45. The number of fused-ring (bicyclic) bond motifs is 2. The van der Waals surface area contributed by atoms with E-state index in [0.29, 0.717) is 28.9 Å². The van der Waals surface area contributed by atoms with Crippen molar-refractivity contribution in [3.05, 3.63) is 46.5 Å². The average molecular weight is 409 g/mol. The Labute approximate surface area is 170 Å². The number of pyridine rings is 1. The first-order valence-corrected chi connectivity index (χ1v) is 9.78. The molecule has 0 unspecified atom stereocenters. The van der Waals surface area contributed by atoms with Crippen LogP contribution in [0.1, 0.15) is 23.8 Å². The van der Waals surface area contributed by atoms with Gasteiger partial charge in [0.1, 0.15) is 17.0 Å². The van der Waals surface area contributed by atoms with Gasteiger partial charge in [0, 0.05) is 25.8 Å². The molecule has 2 fully saturated rings. The Morgan fingerprint density at radius 3 is 2.73 bits per heavy atom. The Morgan fingerprint density at radius 1 is 1.23 bits per heavy atom. The second kappa shape index (κ2) is 6.68. The number of carbonyl (C=O) groups excluding carboxylic acids is 3. The minimum atomic E-state index is -0.666. The molecule has 0 saturated carbocycles. The fourth-order valence-electron chi connectivity index (χ4n) is 4.04. The van der Waals surface area contributed by atoms with Gasteiger partial charge in [0.15, 0.2) is 6.61 Å². The number of imide groups is 1. The zero-order chi connectivity index (χ0) is 21.0. The normalized spacial score (nSPS) is 17.1. The van der Waals surface area contributed by atoms with E-state index in [2.05, 4.69) is 4.98 Å². The van der Waals surface area contributed by atoms with Crippen LogP contribution in [0.15, 0.2) is 35.3 Å². The van der Waals surface area contributed by atoms with Crippen LogP contribution in [0.2, 0.25) is 0 Å². The van der Waals surface area contributed by atoms with Crippen molar-refractivity contribution in [2.45, 2.75) is 25.9 Å². The van der Waals surface area contributed by atoms with Crippen LogP contribution in [0.5, 0.6) is 0 Å². The average Bonchev–Trinajstić information content (AvgIpc) is 3.23. The van der Waals surface area contributed by atoms with Crippen molar-refractivity contribution in [1.82, 2.24) is 23.8 Å². The maximum Gasteiger partial charge on any atom is 0.417 e. The third kappa shape index (κ3) is 2.60.